The highest BCUT2D eigenvalue weighted by Crippen LogP contribution is 2.11. The van der Waals surface area contributed by atoms with Gasteiger partial charge < -0.3 is 5.32 Å². The number of hydrogen-bond acceptors (Lipinski definition) is 3. The van der Waals surface area contributed by atoms with Crippen LogP contribution in [0, 0.1) is 19.3 Å². The first kappa shape index (κ1) is 13.1. The van der Waals surface area contributed by atoms with E-state index in [-0.39, 0.29) is 5.91 Å². The lowest BCUT2D eigenvalue weighted by atomic mass is 10.2. The van der Waals surface area contributed by atoms with Crippen molar-refractivity contribution in [2.45, 2.75) is 6.92 Å². The highest BCUT2D eigenvalue weighted by atomic mass is 32.1. The molecule has 2 aromatic rings. The predicted octanol–water partition coefficient (Wildman–Crippen LogP) is 3.08. The van der Waals surface area contributed by atoms with Crippen LogP contribution in [0.1, 0.15) is 16.3 Å². The number of amides is 1. The fourth-order valence-electron chi connectivity index (χ4n) is 1.49. The van der Waals surface area contributed by atoms with E-state index < -0.39 is 0 Å². The minimum absolute atomic E-state index is 0.208. The Morgan fingerprint density at radius 2 is 2.37 bits per heavy atom. The van der Waals surface area contributed by atoms with E-state index in [0.717, 1.165) is 16.3 Å². The van der Waals surface area contributed by atoms with E-state index in [9.17, 15) is 4.79 Å². The van der Waals surface area contributed by atoms with Crippen LogP contribution in [0.4, 0.5) is 5.69 Å². The summed E-state index contributed by atoms with van der Waals surface area (Å²) in [5.74, 6) is 2.31. The zero-order valence-corrected chi connectivity index (χ0v) is 11.2. The third-order valence-electron chi connectivity index (χ3n) is 2.34. The molecule has 1 heterocycles. The van der Waals surface area contributed by atoms with Gasteiger partial charge in [0.25, 0.3) is 0 Å². The summed E-state index contributed by atoms with van der Waals surface area (Å²) in [5.41, 5.74) is 2.20. The molecule has 0 unspecified atom stereocenters. The first-order valence-corrected chi connectivity index (χ1v) is 6.53. The molecule has 19 heavy (non-hydrogen) atoms. The highest BCUT2D eigenvalue weighted by Gasteiger charge is 1.99. The highest BCUT2D eigenvalue weighted by molar-refractivity contribution is 7.09. The van der Waals surface area contributed by atoms with Crippen molar-refractivity contribution < 1.29 is 4.79 Å². The summed E-state index contributed by atoms with van der Waals surface area (Å²) in [6, 6.07) is 7.15. The van der Waals surface area contributed by atoms with Crippen LogP contribution in [0.5, 0.6) is 0 Å². The van der Waals surface area contributed by atoms with Crippen molar-refractivity contribution in [1.29, 1.82) is 0 Å². The van der Waals surface area contributed by atoms with Crippen molar-refractivity contribution >= 4 is 29.0 Å². The summed E-state index contributed by atoms with van der Waals surface area (Å²) < 4.78 is 0. The molecule has 4 heteroatoms. The number of thiazole rings is 1. The number of carbonyl (C=O) groups is 1. The molecule has 0 atom stereocenters. The first-order chi connectivity index (χ1) is 9.17. The van der Waals surface area contributed by atoms with Crippen molar-refractivity contribution in [3.8, 4) is 12.3 Å². The number of aryl methyl sites for hydroxylation is 1. The van der Waals surface area contributed by atoms with E-state index in [0.29, 0.717) is 5.69 Å². The van der Waals surface area contributed by atoms with E-state index in [1.165, 1.54) is 6.08 Å². The molecule has 1 aromatic carbocycles. The van der Waals surface area contributed by atoms with E-state index in [4.69, 9.17) is 6.42 Å². The fraction of sp³-hybridized carbons (Fsp3) is 0.0667. The van der Waals surface area contributed by atoms with Crippen LogP contribution in [0.3, 0.4) is 0 Å². The first-order valence-electron chi connectivity index (χ1n) is 5.65. The third-order valence-corrected chi connectivity index (χ3v) is 3.13. The quantitative estimate of drug-likeness (QED) is 0.686. The normalized spacial score (nSPS) is 10.3. The number of anilines is 1. The molecule has 94 valence electrons. The maximum Gasteiger partial charge on any atom is 0.248 e. The van der Waals surface area contributed by atoms with Crippen molar-refractivity contribution in [2.24, 2.45) is 0 Å². The molecule has 0 saturated carbocycles. The van der Waals surface area contributed by atoms with Crippen molar-refractivity contribution in [3.05, 3.63) is 52.0 Å². The van der Waals surface area contributed by atoms with Crippen LogP contribution >= 0.6 is 11.3 Å². The minimum Gasteiger partial charge on any atom is -0.322 e. The number of nitrogens with zero attached hydrogens (tertiary/aromatic N) is 1. The Balaban J connectivity index is 2.01. The van der Waals surface area contributed by atoms with E-state index in [1.807, 2.05) is 18.4 Å². The van der Waals surface area contributed by atoms with Crippen LogP contribution < -0.4 is 5.32 Å². The lowest BCUT2D eigenvalue weighted by Gasteiger charge is -2.01. The van der Waals surface area contributed by atoms with Gasteiger partial charge in [-0.25, -0.2) is 4.98 Å². The smallest absolute Gasteiger partial charge is 0.248 e. The van der Waals surface area contributed by atoms with Gasteiger partial charge in [-0.1, -0.05) is 12.0 Å². The number of terminal acetylenes is 1. The molecule has 0 bridgehead atoms. The Hall–Kier alpha value is -2.38. The second kappa shape index (κ2) is 5.98. The Labute approximate surface area is 116 Å². The van der Waals surface area contributed by atoms with Crippen LogP contribution in [0.2, 0.25) is 0 Å². The molecule has 0 fully saturated rings. The zero-order valence-electron chi connectivity index (χ0n) is 10.4. The van der Waals surface area contributed by atoms with E-state index in [1.54, 1.807) is 35.6 Å². The monoisotopic (exact) mass is 268 g/mol. The molecule has 0 spiro atoms. The summed E-state index contributed by atoms with van der Waals surface area (Å²) in [6.07, 6.45) is 8.44. The summed E-state index contributed by atoms with van der Waals surface area (Å²) in [7, 11) is 0. The van der Waals surface area contributed by atoms with Gasteiger partial charge in [0.15, 0.2) is 0 Å². The molecule has 0 saturated heterocycles. The van der Waals surface area contributed by atoms with Crippen molar-refractivity contribution in [2.75, 3.05) is 5.32 Å². The largest absolute Gasteiger partial charge is 0.322 e. The van der Waals surface area contributed by atoms with Crippen LogP contribution in [-0.2, 0) is 4.79 Å². The molecular weight excluding hydrogens is 256 g/mol. The van der Waals surface area contributed by atoms with Gasteiger partial charge in [0.05, 0.1) is 10.7 Å². The number of nitrogens with one attached hydrogen (secondary N) is 1. The molecule has 1 aromatic heterocycles. The average molecular weight is 268 g/mol. The lowest BCUT2D eigenvalue weighted by Crippen LogP contribution is -2.07. The summed E-state index contributed by atoms with van der Waals surface area (Å²) in [4.78, 5) is 16.0. The van der Waals surface area contributed by atoms with Gasteiger partial charge in [-0.05, 0) is 31.2 Å². The number of benzene rings is 1. The minimum atomic E-state index is -0.208. The molecule has 0 aliphatic rings. The second-order valence-corrected chi connectivity index (χ2v) is 4.90. The van der Waals surface area contributed by atoms with Crippen molar-refractivity contribution in [1.82, 2.24) is 4.98 Å². The maximum atomic E-state index is 11.7. The summed E-state index contributed by atoms with van der Waals surface area (Å²) >= 11 is 1.55. The molecular formula is C15H12N2OS. The summed E-state index contributed by atoms with van der Waals surface area (Å²) in [5, 5.41) is 5.62. The van der Waals surface area contributed by atoms with Crippen LogP contribution in [-0.4, -0.2) is 10.9 Å². The molecule has 0 aliphatic heterocycles. The maximum absolute atomic E-state index is 11.7. The third kappa shape index (κ3) is 3.80. The van der Waals surface area contributed by atoms with Crippen molar-refractivity contribution in [3.63, 3.8) is 0 Å². The number of aromatic nitrogens is 1. The Morgan fingerprint density at radius 1 is 1.53 bits per heavy atom. The zero-order chi connectivity index (χ0) is 13.7. The van der Waals surface area contributed by atoms with Gasteiger partial charge in [0.2, 0.25) is 5.91 Å². The predicted molar refractivity (Wildman–Crippen MR) is 78.9 cm³/mol. The van der Waals surface area contributed by atoms with Gasteiger partial charge in [-0.2, -0.15) is 0 Å². The van der Waals surface area contributed by atoms with Gasteiger partial charge in [-0.15, -0.1) is 17.8 Å². The number of rotatable bonds is 3. The number of hydrogen-bond donors (Lipinski definition) is 1. The Morgan fingerprint density at radius 3 is 3.05 bits per heavy atom. The lowest BCUT2D eigenvalue weighted by molar-refractivity contribution is -0.111. The van der Waals surface area contributed by atoms with Crippen LogP contribution in [0.15, 0.2) is 35.7 Å². The van der Waals surface area contributed by atoms with Gasteiger partial charge in [0, 0.05) is 22.7 Å². The second-order valence-electron chi connectivity index (χ2n) is 3.84. The molecule has 3 nitrogen and oxygen atoms in total. The Bertz CT molecular complexity index is 665. The van der Waals surface area contributed by atoms with E-state index >= 15 is 0 Å². The standard InChI is InChI=1S/C15H12N2OS/c1-3-12-5-4-6-13(9-12)17-15(18)8-7-14-10-19-11(2)16-14/h1,4-10H,2H3,(H,17,18). The van der Waals surface area contributed by atoms with E-state index in [2.05, 4.69) is 16.2 Å². The van der Waals surface area contributed by atoms with Gasteiger partial charge >= 0.3 is 0 Å². The van der Waals surface area contributed by atoms with Gasteiger partial charge in [-0.3, -0.25) is 4.79 Å². The summed E-state index contributed by atoms with van der Waals surface area (Å²) in [6.45, 7) is 1.92. The fourth-order valence-corrected chi connectivity index (χ4v) is 2.07. The molecule has 1 amide bonds. The molecule has 0 aliphatic carbocycles. The number of carbonyl (C=O) groups excluding carboxylic acids is 1. The van der Waals surface area contributed by atoms with Gasteiger partial charge in [0.1, 0.15) is 0 Å². The average Bonchev–Trinajstić information content (AvgIpc) is 2.82. The Kier molecular flexibility index (Phi) is 4.11. The van der Waals surface area contributed by atoms with Crippen LogP contribution in [0.25, 0.3) is 6.08 Å². The molecule has 0 radical (unpaired) electrons. The molecule has 1 N–H and O–H groups in total. The SMILES string of the molecule is C#Cc1cccc(NC(=O)C=Cc2csc(C)n2)c1. The topological polar surface area (TPSA) is 42.0 Å². The molecule has 2 rings (SSSR count).